The van der Waals surface area contributed by atoms with Crippen LogP contribution in [-0.4, -0.2) is 14.7 Å². The van der Waals surface area contributed by atoms with Crippen molar-refractivity contribution in [2.45, 2.75) is 20.0 Å². The van der Waals surface area contributed by atoms with E-state index in [1.54, 1.807) is 54.3 Å². The fourth-order valence-corrected chi connectivity index (χ4v) is 4.53. The molecule has 0 bridgehead atoms. The highest BCUT2D eigenvalue weighted by Crippen LogP contribution is 2.32. The average molecular weight is 527 g/mol. The molecule has 0 heterocycles. The molecule has 0 spiro atoms. The first-order valence-corrected chi connectivity index (χ1v) is 13.3. The molecule has 5 nitrogen and oxygen atoms in total. The zero-order valence-corrected chi connectivity index (χ0v) is 21.0. The number of hydrogen-bond acceptors (Lipinski definition) is 4. The lowest BCUT2D eigenvalue weighted by molar-refractivity contribution is 0.475. The van der Waals surface area contributed by atoms with Gasteiger partial charge in [0, 0.05) is 42.0 Å². The fraction of sp³-hybridized carbons (Fsp3) is 0.143. The number of hydrogen-bond donors (Lipinski definition) is 1. The van der Waals surface area contributed by atoms with Crippen molar-refractivity contribution in [1.29, 1.82) is 0 Å². The lowest BCUT2D eigenvalue weighted by Gasteiger charge is -2.28. The van der Waals surface area contributed by atoms with Crippen LogP contribution in [0, 0.1) is 24.4 Å². The summed E-state index contributed by atoms with van der Waals surface area (Å²) in [7, 11) is -3.55. The number of para-hydroxylation sites is 1. The Balaban J connectivity index is 1.68. The number of nitrogens with one attached hydrogen (secondary N) is 1. The van der Waals surface area contributed by atoms with Crippen LogP contribution in [-0.2, 0) is 23.1 Å². The summed E-state index contributed by atoms with van der Waals surface area (Å²) in [6, 6.07) is 21.7. The topological polar surface area (TPSA) is 58.6 Å². The summed E-state index contributed by atoms with van der Waals surface area (Å²) in [5.41, 5.74) is 1.98. The SMILES string of the molecule is Cc1c(NS(C)(=O)=O)cccc1N(Cc1ccc(F)cc1F)Cc1ccc(Oc2ccccc2)cc1F. The number of benzene rings is 4. The summed E-state index contributed by atoms with van der Waals surface area (Å²) >= 11 is 0. The molecule has 0 amide bonds. The Morgan fingerprint density at radius 3 is 2.05 bits per heavy atom. The van der Waals surface area contributed by atoms with Crippen molar-refractivity contribution in [3.63, 3.8) is 0 Å². The molecular formula is C28H25F3N2O3S. The Hall–Kier alpha value is -3.98. The Bertz CT molecular complexity index is 1510. The molecule has 0 aromatic heterocycles. The van der Waals surface area contributed by atoms with Crippen LogP contribution in [0.2, 0.25) is 0 Å². The normalized spacial score (nSPS) is 11.3. The van der Waals surface area contributed by atoms with Crippen molar-refractivity contribution in [1.82, 2.24) is 0 Å². The molecule has 4 aromatic carbocycles. The maximum atomic E-state index is 15.2. The maximum absolute atomic E-state index is 15.2. The second kappa shape index (κ2) is 11.0. The van der Waals surface area contributed by atoms with Gasteiger partial charge in [0.2, 0.25) is 10.0 Å². The number of rotatable bonds is 9. The van der Waals surface area contributed by atoms with E-state index in [9.17, 15) is 17.2 Å². The van der Waals surface area contributed by atoms with Gasteiger partial charge in [0.15, 0.2) is 0 Å². The predicted molar refractivity (Wildman–Crippen MR) is 139 cm³/mol. The van der Waals surface area contributed by atoms with Crippen molar-refractivity contribution < 1.29 is 26.3 Å². The predicted octanol–water partition coefficient (Wildman–Crippen LogP) is 6.78. The second-order valence-electron chi connectivity index (χ2n) is 8.58. The van der Waals surface area contributed by atoms with Gasteiger partial charge in [0.25, 0.3) is 0 Å². The van der Waals surface area contributed by atoms with Crippen LogP contribution in [0.1, 0.15) is 16.7 Å². The quantitative estimate of drug-likeness (QED) is 0.261. The minimum atomic E-state index is -3.55. The lowest BCUT2D eigenvalue weighted by Crippen LogP contribution is -2.25. The summed E-state index contributed by atoms with van der Waals surface area (Å²) < 4.78 is 75.1. The largest absolute Gasteiger partial charge is 0.457 e. The van der Waals surface area contributed by atoms with Crippen molar-refractivity contribution >= 4 is 21.4 Å². The minimum Gasteiger partial charge on any atom is -0.457 e. The molecule has 0 fully saturated rings. The Labute approximate surface area is 214 Å². The highest BCUT2D eigenvalue weighted by Gasteiger charge is 2.18. The van der Waals surface area contributed by atoms with Gasteiger partial charge < -0.3 is 9.64 Å². The molecule has 1 N–H and O–H groups in total. The van der Waals surface area contributed by atoms with Crippen LogP contribution < -0.4 is 14.4 Å². The van der Waals surface area contributed by atoms with E-state index in [-0.39, 0.29) is 18.7 Å². The summed E-state index contributed by atoms with van der Waals surface area (Å²) in [6.45, 7) is 1.72. The molecule has 9 heteroatoms. The van der Waals surface area contributed by atoms with Gasteiger partial charge in [-0.05, 0) is 48.9 Å². The molecule has 0 aliphatic rings. The zero-order valence-electron chi connectivity index (χ0n) is 20.2. The van der Waals surface area contributed by atoms with Crippen LogP contribution in [0.5, 0.6) is 11.5 Å². The molecule has 37 heavy (non-hydrogen) atoms. The van der Waals surface area contributed by atoms with Crippen LogP contribution in [0.3, 0.4) is 0 Å². The molecule has 192 valence electrons. The van der Waals surface area contributed by atoms with E-state index < -0.39 is 27.5 Å². The molecule has 0 atom stereocenters. The molecule has 0 saturated heterocycles. The van der Waals surface area contributed by atoms with E-state index in [0.717, 1.165) is 18.4 Å². The first-order chi connectivity index (χ1) is 17.6. The van der Waals surface area contributed by atoms with Crippen LogP contribution in [0.15, 0.2) is 84.9 Å². The lowest BCUT2D eigenvalue weighted by atomic mass is 10.1. The molecule has 4 aromatic rings. The molecule has 4 rings (SSSR count). The third-order valence-electron chi connectivity index (χ3n) is 5.68. The standard InChI is InChI=1S/C28H25F3N2O3S/c1-19-27(32-37(2,34)35)9-6-10-28(19)33(17-20-11-13-22(29)15-25(20)30)18-21-12-14-24(16-26(21)31)36-23-7-4-3-5-8-23/h3-16,32H,17-18H2,1-2H3. The molecular weight excluding hydrogens is 501 g/mol. The first kappa shape index (κ1) is 26.1. The number of nitrogens with zero attached hydrogens (tertiary/aromatic N) is 1. The summed E-state index contributed by atoms with van der Waals surface area (Å²) in [4.78, 5) is 1.70. The van der Waals surface area contributed by atoms with Crippen molar-refractivity contribution in [2.24, 2.45) is 0 Å². The number of halogens is 3. The first-order valence-electron chi connectivity index (χ1n) is 11.4. The summed E-state index contributed by atoms with van der Waals surface area (Å²) in [6.07, 6.45) is 1.04. The second-order valence-corrected chi connectivity index (χ2v) is 10.3. The average Bonchev–Trinajstić information content (AvgIpc) is 2.83. The Kier molecular flexibility index (Phi) is 7.73. The van der Waals surface area contributed by atoms with Gasteiger partial charge in [-0.3, -0.25) is 4.72 Å². The highest BCUT2D eigenvalue weighted by atomic mass is 32.2. The summed E-state index contributed by atoms with van der Waals surface area (Å²) in [5, 5.41) is 0. The maximum Gasteiger partial charge on any atom is 0.229 e. The third-order valence-corrected chi connectivity index (χ3v) is 6.27. The fourth-order valence-electron chi connectivity index (χ4n) is 3.91. The van der Waals surface area contributed by atoms with E-state index in [1.807, 2.05) is 18.2 Å². The van der Waals surface area contributed by atoms with Crippen molar-refractivity contribution in [3.05, 3.63) is 119 Å². The van der Waals surface area contributed by atoms with E-state index in [1.165, 1.54) is 12.1 Å². The molecule has 0 saturated carbocycles. The molecule has 0 unspecified atom stereocenters. The van der Waals surface area contributed by atoms with Crippen molar-refractivity contribution in [2.75, 3.05) is 15.9 Å². The van der Waals surface area contributed by atoms with Gasteiger partial charge in [-0.2, -0.15) is 0 Å². The zero-order chi connectivity index (χ0) is 26.6. The van der Waals surface area contributed by atoms with Gasteiger partial charge in [-0.25, -0.2) is 21.6 Å². The summed E-state index contributed by atoms with van der Waals surface area (Å²) in [5.74, 6) is -1.09. The molecule has 0 radical (unpaired) electrons. The van der Waals surface area contributed by atoms with E-state index >= 15 is 4.39 Å². The van der Waals surface area contributed by atoms with E-state index in [4.69, 9.17) is 4.74 Å². The van der Waals surface area contributed by atoms with Gasteiger partial charge in [0.05, 0.1) is 11.9 Å². The molecule has 0 aliphatic carbocycles. The smallest absolute Gasteiger partial charge is 0.229 e. The van der Waals surface area contributed by atoms with Gasteiger partial charge in [-0.1, -0.05) is 36.4 Å². The number of sulfonamides is 1. The van der Waals surface area contributed by atoms with Gasteiger partial charge in [0.1, 0.15) is 29.0 Å². The minimum absolute atomic E-state index is 0.0169. The monoisotopic (exact) mass is 526 g/mol. The Morgan fingerprint density at radius 2 is 1.43 bits per heavy atom. The van der Waals surface area contributed by atoms with E-state index in [2.05, 4.69) is 4.72 Å². The van der Waals surface area contributed by atoms with Crippen LogP contribution >= 0.6 is 0 Å². The van der Waals surface area contributed by atoms with E-state index in [0.29, 0.717) is 34.0 Å². The van der Waals surface area contributed by atoms with Crippen LogP contribution in [0.4, 0.5) is 24.5 Å². The third kappa shape index (κ3) is 6.83. The number of ether oxygens (including phenoxy) is 1. The van der Waals surface area contributed by atoms with Crippen LogP contribution in [0.25, 0.3) is 0 Å². The highest BCUT2D eigenvalue weighted by molar-refractivity contribution is 7.92. The van der Waals surface area contributed by atoms with Crippen molar-refractivity contribution in [3.8, 4) is 11.5 Å². The van der Waals surface area contributed by atoms with Gasteiger partial charge in [-0.15, -0.1) is 0 Å². The number of anilines is 2. The molecule has 0 aliphatic heterocycles. The Morgan fingerprint density at radius 1 is 0.784 bits per heavy atom. The van der Waals surface area contributed by atoms with Gasteiger partial charge >= 0.3 is 0 Å².